The Morgan fingerprint density at radius 2 is 1.67 bits per heavy atom. The highest BCUT2D eigenvalue weighted by Crippen LogP contribution is 2.15. The fraction of sp³-hybridized carbons (Fsp3) is 0.350. The van der Waals surface area contributed by atoms with Crippen LogP contribution in [0.15, 0.2) is 48.7 Å². The second-order valence-electron chi connectivity index (χ2n) is 5.29. The number of hydrogen-bond acceptors (Lipinski definition) is 3. The highest BCUT2D eigenvalue weighted by molar-refractivity contribution is 5.67. The lowest BCUT2D eigenvalue weighted by molar-refractivity contribution is -0.673. The van der Waals surface area contributed by atoms with Crippen LogP contribution in [0, 0.1) is 0 Å². The first kappa shape index (κ1) is 18.2. The molecule has 0 saturated heterocycles. The monoisotopic (exact) mass is 328 g/mol. The third-order valence-corrected chi connectivity index (χ3v) is 3.51. The Kier molecular flexibility index (Phi) is 7.46. The first-order valence-electron chi connectivity index (χ1n) is 8.31. The van der Waals surface area contributed by atoms with Gasteiger partial charge in [-0.25, -0.2) is 4.57 Å². The smallest absolute Gasteiger partial charge is 0.204 e. The van der Waals surface area contributed by atoms with Crippen LogP contribution in [0.2, 0.25) is 0 Å². The number of hydrogen-bond donors (Lipinski definition) is 0. The van der Waals surface area contributed by atoms with Gasteiger partial charge < -0.3 is 14.2 Å². The maximum absolute atomic E-state index is 5.73. The number of pyridine rings is 1. The van der Waals surface area contributed by atoms with E-state index < -0.39 is 0 Å². The summed E-state index contributed by atoms with van der Waals surface area (Å²) in [6, 6.07) is 14.1. The molecule has 0 saturated carbocycles. The highest BCUT2D eigenvalue weighted by atomic mass is 16.7. The molecule has 0 N–H and O–H groups in total. The van der Waals surface area contributed by atoms with Crippen LogP contribution in [0.5, 0.6) is 5.75 Å². The van der Waals surface area contributed by atoms with Crippen molar-refractivity contribution in [1.29, 1.82) is 0 Å². The van der Waals surface area contributed by atoms with E-state index in [0.717, 1.165) is 17.0 Å². The second kappa shape index (κ2) is 9.85. The van der Waals surface area contributed by atoms with Gasteiger partial charge in [-0.05, 0) is 43.7 Å². The Hall–Kier alpha value is -2.17. The molecule has 4 nitrogen and oxygen atoms in total. The molecule has 0 fully saturated rings. The molecule has 0 bridgehead atoms. The summed E-state index contributed by atoms with van der Waals surface area (Å²) < 4.78 is 18.7. The van der Waals surface area contributed by atoms with Gasteiger partial charge in [-0.2, -0.15) is 0 Å². The average Bonchev–Trinajstić information content (AvgIpc) is 2.60. The average molecular weight is 328 g/mol. The predicted molar refractivity (Wildman–Crippen MR) is 95.5 cm³/mol. The van der Waals surface area contributed by atoms with Gasteiger partial charge in [0.25, 0.3) is 0 Å². The summed E-state index contributed by atoms with van der Waals surface area (Å²) in [5.74, 6) is 0.807. The zero-order chi connectivity index (χ0) is 17.2. The molecular formula is C20H26NO3+. The van der Waals surface area contributed by atoms with E-state index in [-0.39, 0.29) is 6.29 Å². The summed E-state index contributed by atoms with van der Waals surface area (Å²) in [6.07, 6.45) is 5.89. The van der Waals surface area contributed by atoms with E-state index in [1.165, 1.54) is 0 Å². The lowest BCUT2D eigenvalue weighted by atomic mass is 10.2. The minimum atomic E-state index is -0.322. The number of aromatic nitrogens is 1. The lowest BCUT2D eigenvalue weighted by Crippen LogP contribution is -2.30. The summed E-state index contributed by atoms with van der Waals surface area (Å²) >= 11 is 0. The molecule has 0 radical (unpaired) electrons. The van der Waals surface area contributed by atoms with Gasteiger partial charge in [0.1, 0.15) is 19.4 Å². The van der Waals surface area contributed by atoms with Gasteiger partial charge in [0.2, 0.25) is 5.69 Å². The maximum Gasteiger partial charge on any atom is 0.204 e. The van der Waals surface area contributed by atoms with Crippen molar-refractivity contribution >= 4 is 12.2 Å². The van der Waals surface area contributed by atoms with E-state index in [1.807, 2.05) is 63.5 Å². The van der Waals surface area contributed by atoms with Crippen LogP contribution in [0.4, 0.5) is 0 Å². The highest BCUT2D eigenvalue weighted by Gasteiger charge is 2.08. The topological polar surface area (TPSA) is 31.6 Å². The number of aryl methyl sites for hydroxylation is 1. The Balaban J connectivity index is 1.92. The maximum atomic E-state index is 5.73. The van der Waals surface area contributed by atoms with E-state index >= 15 is 0 Å². The van der Waals surface area contributed by atoms with Gasteiger partial charge in [0, 0.05) is 31.4 Å². The first-order chi connectivity index (χ1) is 11.7. The van der Waals surface area contributed by atoms with E-state index in [0.29, 0.717) is 19.8 Å². The third kappa shape index (κ3) is 5.80. The van der Waals surface area contributed by atoms with E-state index in [2.05, 4.69) is 22.8 Å². The summed E-state index contributed by atoms with van der Waals surface area (Å²) in [5.41, 5.74) is 2.27. The number of benzene rings is 1. The molecule has 0 unspecified atom stereocenters. The van der Waals surface area contributed by atoms with Gasteiger partial charge in [-0.15, -0.1) is 0 Å². The number of rotatable bonds is 9. The van der Waals surface area contributed by atoms with E-state index in [9.17, 15) is 0 Å². The predicted octanol–water partition coefficient (Wildman–Crippen LogP) is 3.46. The Labute approximate surface area is 144 Å². The molecule has 0 aliphatic heterocycles. The molecule has 0 aliphatic carbocycles. The molecule has 1 aromatic heterocycles. The SMILES string of the molecule is CCOC(COc1ccc(C=Cc2cccc[n+]2C)cc1)OCC. The number of ether oxygens (including phenoxy) is 3. The Morgan fingerprint density at radius 1 is 0.958 bits per heavy atom. The molecule has 0 atom stereocenters. The largest absolute Gasteiger partial charge is 0.488 e. The van der Waals surface area contributed by atoms with Crippen molar-refractivity contribution in [2.45, 2.75) is 20.1 Å². The van der Waals surface area contributed by atoms with Crippen LogP contribution in [0.25, 0.3) is 12.2 Å². The molecule has 0 spiro atoms. The molecular weight excluding hydrogens is 302 g/mol. The van der Waals surface area contributed by atoms with Gasteiger partial charge in [-0.1, -0.05) is 12.1 Å². The van der Waals surface area contributed by atoms with Crippen molar-refractivity contribution in [3.63, 3.8) is 0 Å². The van der Waals surface area contributed by atoms with Gasteiger partial charge >= 0.3 is 0 Å². The van der Waals surface area contributed by atoms with Crippen LogP contribution < -0.4 is 9.30 Å². The van der Waals surface area contributed by atoms with Crippen molar-refractivity contribution in [2.24, 2.45) is 7.05 Å². The normalized spacial score (nSPS) is 11.3. The van der Waals surface area contributed by atoms with Gasteiger partial charge in [0.15, 0.2) is 12.5 Å². The number of nitrogens with zero attached hydrogens (tertiary/aromatic N) is 1. The van der Waals surface area contributed by atoms with Crippen LogP contribution in [-0.2, 0) is 16.5 Å². The Bertz CT molecular complexity index is 632. The van der Waals surface area contributed by atoms with E-state index in [1.54, 1.807) is 0 Å². The molecule has 0 aliphatic rings. The van der Waals surface area contributed by atoms with Gasteiger partial charge in [0.05, 0.1) is 0 Å². The molecule has 24 heavy (non-hydrogen) atoms. The zero-order valence-electron chi connectivity index (χ0n) is 14.6. The molecule has 0 amide bonds. The molecule has 2 rings (SSSR count). The van der Waals surface area contributed by atoms with Crippen LogP contribution in [0.3, 0.4) is 0 Å². The standard InChI is InChI=1S/C20H26NO3/c1-4-22-20(23-5-2)16-24-19-13-10-17(11-14-19)9-12-18-8-6-7-15-21(18)3/h6-15,20H,4-5,16H2,1-3H3/q+1. The van der Waals surface area contributed by atoms with Crippen LogP contribution >= 0.6 is 0 Å². The molecule has 1 aromatic carbocycles. The fourth-order valence-electron chi connectivity index (χ4n) is 2.25. The minimum absolute atomic E-state index is 0.322. The Morgan fingerprint density at radius 3 is 2.29 bits per heavy atom. The molecule has 4 heteroatoms. The fourth-order valence-corrected chi connectivity index (χ4v) is 2.25. The minimum Gasteiger partial charge on any atom is -0.488 e. The molecule has 2 aromatic rings. The quantitative estimate of drug-likeness (QED) is 0.522. The summed E-state index contributed by atoms with van der Waals surface area (Å²) in [7, 11) is 2.03. The molecule has 1 heterocycles. The molecule has 128 valence electrons. The van der Waals surface area contributed by atoms with Crippen LogP contribution in [0.1, 0.15) is 25.1 Å². The van der Waals surface area contributed by atoms with Gasteiger partial charge in [-0.3, -0.25) is 0 Å². The summed E-state index contributed by atoms with van der Waals surface area (Å²) in [6.45, 7) is 5.49. The van der Waals surface area contributed by atoms with Crippen molar-refractivity contribution in [1.82, 2.24) is 0 Å². The van der Waals surface area contributed by atoms with Crippen molar-refractivity contribution in [3.8, 4) is 5.75 Å². The van der Waals surface area contributed by atoms with Crippen LogP contribution in [-0.4, -0.2) is 26.1 Å². The zero-order valence-corrected chi connectivity index (χ0v) is 14.6. The van der Waals surface area contributed by atoms with Crippen molar-refractivity contribution in [3.05, 3.63) is 59.9 Å². The first-order valence-corrected chi connectivity index (χ1v) is 8.31. The second-order valence-corrected chi connectivity index (χ2v) is 5.29. The van der Waals surface area contributed by atoms with Crippen molar-refractivity contribution < 1.29 is 18.8 Å². The third-order valence-electron chi connectivity index (χ3n) is 3.51. The van der Waals surface area contributed by atoms with Crippen molar-refractivity contribution in [2.75, 3.05) is 19.8 Å². The summed E-state index contributed by atoms with van der Waals surface area (Å²) in [4.78, 5) is 0. The lowest BCUT2D eigenvalue weighted by Gasteiger charge is -2.17. The van der Waals surface area contributed by atoms with E-state index in [4.69, 9.17) is 14.2 Å². The summed E-state index contributed by atoms with van der Waals surface area (Å²) in [5, 5.41) is 0.